The van der Waals surface area contributed by atoms with E-state index in [2.05, 4.69) is 51.0 Å². The van der Waals surface area contributed by atoms with Crippen LogP contribution in [0.4, 0.5) is 0 Å². The van der Waals surface area contributed by atoms with E-state index in [0.29, 0.717) is 19.0 Å². The highest BCUT2D eigenvalue weighted by atomic mass is 127. The molecule has 4 rings (SSSR count). The number of hydrogen-bond donors (Lipinski definition) is 2. The lowest BCUT2D eigenvalue weighted by Gasteiger charge is -2.14. The van der Waals surface area contributed by atoms with Crippen LogP contribution in [0.2, 0.25) is 0 Å². The smallest absolute Gasteiger partial charge is 0.191 e. The average molecular weight is 542 g/mol. The zero-order valence-corrected chi connectivity index (χ0v) is 20.7. The maximum atomic E-state index is 5.46. The van der Waals surface area contributed by atoms with Gasteiger partial charge in [-0.2, -0.15) is 5.10 Å². The summed E-state index contributed by atoms with van der Waals surface area (Å²) in [5.74, 6) is 1.44. The van der Waals surface area contributed by atoms with Crippen molar-refractivity contribution in [1.29, 1.82) is 0 Å². The van der Waals surface area contributed by atoms with Crippen molar-refractivity contribution in [2.24, 2.45) is 4.99 Å². The van der Waals surface area contributed by atoms with Crippen LogP contribution in [0.15, 0.2) is 76.2 Å². The number of benzene rings is 2. The molecular formula is C24H27IN6O. The Bertz CT molecular complexity index is 1180. The average Bonchev–Trinajstić information content (AvgIpc) is 3.40. The SMILES string of the molecule is CN=C(NCc1cc(-c2ccccc2)on1)NCc1ccccc1-n1nc(C)cc1C.I. The van der Waals surface area contributed by atoms with Gasteiger partial charge in [-0.05, 0) is 31.5 Å². The molecular weight excluding hydrogens is 515 g/mol. The lowest BCUT2D eigenvalue weighted by molar-refractivity contribution is 0.422. The molecule has 0 amide bonds. The lowest BCUT2D eigenvalue weighted by atomic mass is 10.1. The Hall–Kier alpha value is -3.14. The fourth-order valence-corrected chi connectivity index (χ4v) is 3.45. The van der Waals surface area contributed by atoms with Gasteiger partial charge in [0.25, 0.3) is 0 Å². The Kier molecular flexibility index (Phi) is 8.04. The predicted octanol–water partition coefficient (Wildman–Crippen LogP) is 4.63. The van der Waals surface area contributed by atoms with Crippen molar-refractivity contribution < 1.29 is 4.52 Å². The number of nitrogens with zero attached hydrogens (tertiary/aromatic N) is 4. The number of aryl methyl sites for hydroxylation is 2. The largest absolute Gasteiger partial charge is 0.356 e. The quantitative estimate of drug-likeness (QED) is 0.211. The Labute approximate surface area is 205 Å². The first-order valence-electron chi connectivity index (χ1n) is 10.2. The van der Waals surface area contributed by atoms with Gasteiger partial charge in [0, 0.05) is 30.9 Å². The van der Waals surface area contributed by atoms with E-state index in [9.17, 15) is 0 Å². The first-order chi connectivity index (χ1) is 15.1. The van der Waals surface area contributed by atoms with E-state index < -0.39 is 0 Å². The number of aliphatic imine (C=N–C) groups is 1. The molecule has 0 saturated carbocycles. The van der Waals surface area contributed by atoms with Gasteiger partial charge in [0.15, 0.2) is 11.7 Å². The van der Waals surface area contributed by atoms with Crippen molar-refractivity contribution in [3.63, 3.8) is 0 Å². The zero-order chi connectivity index (χ0) is 21.6. The molecule has 0 atom stereocenters. The minimum Gasteiger partial charge on any atom is -0.356 e. The van der Waals surface area contributed by atoms with Crippen molar-refractivity contribution >= 4 is 29.9 Å². The second kappa shape index (κ2) is 10.9. The summed E-state index contributed by atoms with van der Waals surface area (Å²) in [6, 6.07) is 22.2. The fraction of sp³-hybridized carbons (Fsp3) is 0.208. The molecule has 8 heteroatoms. The molecule has 7 nitrogen and oxygen atoms in total. The number of hydrogen-bond acceptors (Lipinski definition) is 4. The van der Waals surface area contributed by atoms with Gasteiger partial charge >= 0.3 is 0 Å². The summed E-state index contributed by atoms with van der Waals surface area (Å²) >= 11 is 0. The normalized spacial score (nSPS) is 11.2. The number of aromatic nitrogens is 3. The zero-order valence-electron chi connectivity index (χ0n) is 18.4. The maximum Gasteiger partial charge on any atom is 0.191 e. The van der Waals surface area contributed by atoms with Crippen molar-refractivity contribution in [3.05, 3.63) is 89.4 Å². The number of halogens is 1. The summed E-state index contributed by atoms with van der Waals surface area (Å²) in [6.07, 6.45) is 0. The van der Waals surface area contributed by atoms with Crippen LogP contribution in [0.3, 0.4) is 0 Å². The first kappa shape index (κ1) is 23.5. The second-order valence-electron chi connectivity index (χ2n) is 7.30. The summed E-state index contributed by atoms with van der Waals surface area (Å²) in [5.41, 5.74) is 6.10. The van der Waals surface area contributed by atoms with Gasteiger partial charge in [-0.1, -0.05) is 53.7 Å². The Balaban J connectivity index is 0.00000289. The number of rotatable bonds is 6. The molecule has 2 N–H and O–H groups in total. The van der Waals surface area contributed by atoms with Crippen molar-refractivity contribution in [2.75, 3.05) is 7.05 Å². The summed E-state index contributed by atoms with van der Waals surface area (Å²) in [4.78, 5) is 4.32. The molecule has 0 aliphatic heterocycles. The summed E-state index contributed by atoms with van der Waals surface area (Å²) < 4.78 is 7.44. The molecule has 0 fully saturated rings. The van der Waals surface area contributed by atoms with E-state index >= 15 is 0 Å². The van der Waals surface area contributed by atoms with Crippen LogP contribution in [0.25, 0.3) is 17.0 Å². The van der Waals surface area contributed by atoms with Gasteiger partial charge in [-0.15, -0.1) is 24.0 Å². The van der Waals surface area contributed by atoms with E-state index in [0.717, 1.165) is 39.7 Å². The van der Waals surface area contributed by atoms with E-state index in [1.807, 2.05) is 60.1 Å². The van der Waals surface area contributed by atoms with Crippen molar-refractivity contribution in [3.8, 4) is 17.0 Å². The van der Waals surface area contributed by atoms with Gasteiger partial charge in [0.2, 0.25) is 0 Å². The number of para-hydroxylation sites is 1. The molecule has 0 aliphatic carbocycles. The summed E-state index contributed by atoms with van der Waals surface area (Å²) in [7, 11) is 1.75. The molecule has 0 spiro atoms. The van der Waals surface area contributed by atoms with Gasteiger partial charge < -0.3 is 15.2 Å². The van der Waals surface area contributed by atoms with Crippen LogP contribution in [-0.4, -0.2) is 27.9 Å². The number of guanidine groups is 1. The minimum absolute atomic E-state index is 0. The maximum absolute atomic E-state index is 5.46. The molecule has 4 aromatic rings. The number of nitrogens with one attached hydrogen (secondary N) is 2. The third-order valence-corrected chi connectivity index (χ3v) is 4.95. The highest BCUT2D eigenvalue weighted by Crippen LogP contribution is 2.20. The topological polar surface area (TPSA) is 80.3 Å². The molecule has 0 unspecified atom stereocenters. The van der Waals surface area contributed by atoms with Gasteiger partial charge in [-0.3, -0.25) is 4.99 Å². The Morgan fingerprint density at radius 2 is 1.69 bits per heavy atom. The van der Waals surface area contributed by atoms with E-state index in [1.165, 1.54) is 0 Å². The molecule has 0 radical (unpaired) electrons. The van der Waals surface area contributed by atoms with Crippen LogP contribution in [0.5, 0.6) is 0 Å². The fourth-order valence-electron chi connectivity index (χ4n) is 3.45. The van der Waals surface area contributed by atoms with Crippen LogP contribution in [0.1, 0.15) is 22.6 Å². The van der Waals surface area contributed by atoms with Crippen LogP contribution < -0.4 is 10.6 Å². The molecule has 0 saturated heterocycles. The van der Waals surface area contributed by atoms with Gasteiger partial charge in [-0.25, -0.2) is 4.68 Å². The molecule has 32 heavy (non-hydrogen) atoms. The van der Waals surface area contributed by atoms with Crippen molar-refractivity contribution in [1.82, 2.24) is 25.6 Å². The molecule has 2 aromatic heterocycles. The summed E-state index contributed by atoms with van der Waals surface area (Å²) in [5, 5.41) is 15.4. The predicted molar refractivity (Wildman–Crippen MR) is 137 cm³/mol. The van der Waals surface area contributed by atoms with Crippen LogP contribution in [0, 0.1) is 13.8 Å². The highest BCUT2D eigenvalue weighted by Gasteiger charge is 2.10. The molecule has 2 heterocycles. The third kappa shape index (κ3) is 5.56. The Morgan fingerprint density at radius 3 is 2.41 bits per heavy atom. The van der Waals surface area contributed by atoms with Crippen LogP contribution >= 0.6 is 24.0 Å². The van der Waals surface area contributed by atoms with Crippen molar-refractivity contribution in [2.45, 2.75) is 26.9 Å². The monoisotopic (exact) mass is 542 g/mol. The molecule has 166 valence electrons. The molecule has 0 bridgehead atoms. The molecule has 2 aromatic carbocycles. The Morgan fingerprint density at radius 1 is 0.969 bits per heavy atom. The van der Waals surface area contributed by atoms with E-state index in [4.69, 9.17) is 4.52 Å². The summed E-state index contributed by atoms with van der Waals surface area (Å²) in [6.45, 7) is 5.19. The highest BCUT2D eigenvalue weighted by molar-refractivity contribution is 14.0. The lowest BCUT2D eigenvalue weighted by Crippen LogP contribution is -2.36. The third-order valence-electron chi connectivity index (χ3n) is 4.95. The van der Waals surface area contributed by atoms with E-state index in [-0.39, 0.29) is 24.0 Å². The van der Waals surface area contributed by atoms with Gasteiger partial charge in [0.1, 0.15) is 5.69 Å². The van der Waals surface area contributed by atoms with E-state index in [1.54, 1.807) is 7.05 Å². The minimum atomic E-state index is 0. The first-order valence-corrected chi connectivity index (χ1v) is 10.2. The van der Waals surface area contributed by atoms with Crippen LogP contribution in [-0.2, 0) is 13.1 Å². The van der Waals surface area contributed by atoms with Gasteiger partial charge in [0.05, 0.1) is 17.9 Å². The standard InChI is InChI=1S/C24H26N6O.HI/c1-17-13-18(2)30(28-17)22-12-8-7-11-20(22)15-26-24(25-3)27-16-21-14-23(31-29-21)19-9-5-4-6-10-19;/h4-14H,15-16H2,1-3H3,(H2,25,26,27);1H. The second-order valence-corrected chi connectivity index (χ2v) is 7.30. The molecule has 0 aliphatic rings.